The minimum Gasteiger partial charge on any atom is -0.481 e. The lowest BCUT2D eigenvalue weighted by Gasteiger charge is -2.23. The first-order valence-corrected chi connectivity index (χ1v) is 8.77. The van der Waals surface area contributed by atoms with Gasteiger partial charge >= 0.3 is 5.97 Å². The van der Waals surface area contributed by atoms with Gasteiger partial charge in [-0.3, -0.25) is 9.59 Å². The van der Waals surface area contributed by atoms with E-state index in [1.54, 1.807) is 17.0 Å². The fraction of sp³-hybridized carbons (Fsp3) is 0.500. The van der Waals surface area contributed by atoms with E-state index in [9.17, 15) is 14.7 Å². The van der Waals surface area contributed by atoms with Crippen LogP contribution >= 0.6 is 23.4 Å². The molecule has 1 saturated heterocycles. The first-order chi connectivity index (χ1) is 10.5. The summed E-state index contributed by atoms with van der Waals surface area (Å²) in [4.78, 5) is 26.7. The zero-order chi connectivity index (χ0) is 15.7. The molecule has 1 heterocycles. The van der Waals surface area contributed by atoms with Crippen molar-refractivity contribution in [1.29, 1.82) is 0 Å². The normalized spacial score (nSPS) is 27.0. The highest BCUT2D eigenvalue weighted by Crippen LogP contribution is 2.49. The summed E-state index contributed by atoms with van der Waals surface area (Å²) in [5.41, 5.74) is -0.694. The molecule has 1 aliphatic heterocycles. The van der Waals surface area contributed by atoms with Gasteiger partial charge in [0.2, 0.25) is 5.91 Å². The van der Waals surface area contributed by atoms with Crippen LogP contribution in [0, 0.1) is 11.3 Å². The second kappa shape index (κ2) is 6.13. The number of carbonyl (C=O) groups excluding carboxylic acids is 1. The van der Waals surface area contributed by atoms with Crippen LogP contribution in [0.3, 0.4) is 0 Å². The van der Waals surface area contributed by atoms with Crippen LogP contribution in [-0.4, -0.2) is 40.7 Å². The number of rotatable bonds is 4. The number of hydrogen-bond donors (Lipinski definition) is 1. The second-order valence-electron chi connectivity index (χ2n) is 6.07. The molecular formula is C16H18ClNO3S. The molecule has 22 heavy (non-hydrogen) atoms. The Morgan fingerprint density at radius 3 is 2.73 bits per heavy atom. The molecule has 6 heteroatoms. The van der Waals surface area contributed by atoms with Crippen LogP contribution in [0.4, 0.5) is 0 Å². The van der Waals surface area contributed by atoms with Crippen molar-refractivity contribution in [1.82, 2.24) is 4.90 Å². The standard InChI is InChI=1S/C16H18ClNO3S/c17-12-3-5-13(6-4-12)22-9-14(19)18-8-11-2-1-7-16(11,10-18)15(20)21/h3-6,11H,1-2,7-10H2,(H,20,21)/t11-,16+/m0/s1. The van der Waals surface area contributed by atoms with Crippen molar-refractivity contribution < 1.29 is 14.7 Å². The monoisotopic (exact) mass is 339 g/mol. The number of carboxylic acid groups (broad SMARTS) is 1. The van der Waals surface area contributed by atoms with E-state index in [-0.39, 0.29) is 11.8 Å². The number of nitrogens with zero attached hydrogens (tertiary/aromatic N) is 1. The molecule has 1 aromatic carbocycles. The van der Waals surface area contributed by atoms with E-state index in [0.29, 0.717) is 30.3 Å². The molecule has 2 fully saturated rings. The molecule has 1 amide bonds. The molecule has 1 saturated carbocycles. The van der Waals surface area contributed by atoms with E-state index in [4.69, 9.17) is 11.6 Å². The predicted octanol–water partition coefficient (Wildman–Crippen LogP) is 3.15. The summed E-state index contributed by atoms with van der Waals surface area (Å²) in [5.74, 6) is -0.260. The number of hydrogen-bond acceptors (Lipinski definition) is 3. The molecule has 3 rings (SSSR count). The Morgan fingerprint density at radius 2 is 2.09 bits per heavy atom. The molecule has 0 radical (unpaired) electrons. The zero-order valence-electron chi connectivity index (χ0n) is 12.1. The lowest BCUT2D eigenvalue weighted by Crippen LogP contribution is -2.37. The Morgan fingerprint density at radius 1 is 1.36 bits per heavy atom. The Kier molecular flexibility index (Phi) is 4.37. The second-order valence-corrected chi connectivity index (χ2v) is 7.55. The van der Waals surface area contributed by atoms with Crippen molar-refractivity contribution in [2.45, 2.75) is 24.2 Å². The topological polar surface area (TPSA) is 57.6 Å². The average molecular weight is 340 g/mol. The van der Waals surface area contributed by atoms with E-state index >= 15 is 0 Å². The number of fused-ring (bicyclic) bond motifs is 1. The number of likely N-dealkylation sites (tertiary alicyclic amines) is 1. The van der Waals surface area contributed by atoms with E-state index in [2.05, 4.69) is 0 Å². The summed E-state index contributed by atoms with van der Waals surface area (Å²) >= 11 is 7.30. The fourth-order valence-corrected chi connectivity index (χ4v) is 4.52. The summed E-state index contributed by atoms with van der Waals surface area (Å²) in [6.45, 7) is 0.958. The molecular weight excluding hydrogens is 322 g/mol. The largest absolute Gasteiger partial charge is 0.481 e. The molecule has 2 atom stereocenters. The van der Waals surface area contributed by atoms with Crippen LogP contribution in [0.15, 0.2) is 29.2 Å². The molecule has 1 aliphatic carbocycles. The van der Waals surface area contributed by atoms with Crippen molar-refractivity contribution in [2.75, 3.05) is 18.8 Å². The SMILES string of the molecule is O=C(CSc1ccc(Cl)cc1)N1C[C@@H]2CCC[C@@]2(C(=O)O)C1. The first kappa shape index (κ1) is 15.7. The van der Waals surface area contributed by atoms with E-state index in [1.165, 1.54) is 11.8 Å². The number of aliphatic carboxylic acids is 1. The number of amides is 1. The quantitative estimate of drug-likeness (QED) is 0.856. The zero-order valence-corrected chi connectivity index (χ0v) is 13.7. The van der Waals surface area contributed by atoms with Gasteiger partial charge in [0.25, 0.3) is 0 Å². The van der Waals surface area contributed by atoms with Gasteiger partial charge in [0.15, 0.2) is 0 Å². The number of carboxylic acids is 1. The van der Waals surface area contributed by atoms with Crippen LogP contribution in [0.5, 0.6) is 0 Å². The first-order valence-electron chi connectivity index (χ1n) is 7.41. The van der Waals surface area contributed by atoms with Gasteiger partial charge in [0, 0.05) is 23.0 Å². The maximum Gasteiger partial charge on any atom is 0.311 e. The summed E-state index contributed by atoms with van der Waals surface area (Å²) in [6, 6.07) is 7.37. The Hall–Kier alpha value is -1.20. The molecule has 0 aromatic heterocycles. The highest BCUT2D eigenvalue weighted by molar-refractivity contribution is 8.00. The fourth-order valence-electron chi connectivity index (χ4n) is 3.60. The Balaban J connectivity index is 1.60. The third kappa shape index (κ3) is 2.84. The van der Waals surface area contributed by atoms with Crippen LogP contribution in [-0.2, 0) is 9.59 Å². The van der Waals surface area contributed by atoms with Crippen LogP contribution in [0.1, 0.15) is 19.3 Å². The van der Waals surface area contributed by atoms with Crippen LogP contribution < -0.4 is 0 Å². The van der Waals surface area contributed by atoms with Crippen LogP contribution in [0.25, 0.3) is 0 Å². The van der Waals surface area contributed by atoms with Gasteiger partial charge in [0.05, 0.1) is 11.2 Å². The number of halogens is 1. The Labute approximate surface area is 138 Å². The molecule has 0 bridgehead atoms. The van der Waals surface area contributed by atoms with Crippen molar-refractivity contribution in [3.05, 3.63) is 29.3 Å². The van der Waals surface area contributed by atoms with Crippen molar-refractivity contribution in [3.8, 4) is 0 Å². The molecule has 0 spiro atoms. The maximum absolute atomic E-state index is 12.4. The molecule has 0 unspecified atom stereocenters. The summed E-state index contributed by atoms with van der Waals surface area (Å²) < 4.78 is 0. The van der Waals surface area contributed by atoms with Gasteiger partial charge in [-0.05, 0) is 43.0 Å². The van der Waals surface area contributed by atoms with Gasteiger partial charge in [-0.15, -0.1) is 11.8 Å². The smallest absolute Gasteiger partial charge is 0.311 e. The Bertz CT molecular complexity index is 592. The summed E-state index contributed by atoms with van der Waals surface area (Å²) in [5, 5.41) is 10.2. The molecule has 2 aliphatic rings. The van der Waals surface area contributed by atoms with E-state index in [1.807, 2.05) is 12.1 Å². The third-order valence-corrected chi connectivity index (χ3v) is 6.07. The maximum atomic E-state index is 12.4. The molecule has 1 aromatic rings. The third-order valence-electron chi connectivity index (χ3n) is 4.83. The van der Waals surface area contributed by atoms with Gasteiger partial charge in [-0.2, -0.15) is 0 Å². The van der Waals surface area contributed by atoms with E-state index < -0.39 is 11.4 Å². The highest BCUT2D eigenvalue weighted by atomic mass is 35.5. The van der Waals surface area contributed by atoms with E-state index in [0.717, 1.165) is 17.7 Å². The molecule has 4 nitrogen and oxygen atoms in total. The minimum absolute atomic E-state index is 0.0231. The van der Waals surface area contributed by atoms with Crippen molar-refractivity contribution in [2.24, 2.45) is 11.3 Å². The van der Waals surface area contributed by atoms with Crippen LogP contribution in [0.2, 0.25) is 5.02 Å². The number of benzene rings is 1. The van der Waals surface area contributed by atoms with Gasteiger partial charge in [-0.1, -0.05) is 18.0 Å². The van der Waals surface area contributed by atoms with Crippen molar-refractivity contribution >= 4 is 35.2 Å². The molecule has 1 N–H and O–H groups in total. The minimum atomic E-state index is -0.740. The highest BCUT2D eigenvalue weighted by Gasteiger charge is 2.55. The van der Waals surface area contributed by atoms with Gasteiger partial charge in [0.1, 0.15) is 0 Å². The number of thioether (sulfide) groups is 1. The molecule has 118 valence electrons. The van der Waals surface area contributed by atoms with Gasteiger partial charge in [-0.25, -0.2) is 0 Å². The summed E-state index contributed by atoms with van der Waals surface area (Å²) in [7, 11) is 0. The lowest BCUT2D eigenvalue weighted by molar-refractivity contribution is -0.149. The van der Waals surface area contributed by atoms with Gasteiger partial charge < -0.3 is 10.0 Å². The lowest BCUT2D eigenvalue weighted by atomic mass is 9.81. The van der Waals surface area contributed by atoms with Crippen molar-refractivity contribution in [3.63, 3.8) is 0 Å². The summed E-state index contributed by atoms with van der Waals surface area (Å²) in [6.07, 6.45) is 2.57. The number of carbonyl (C=O) groups is 2. The average Bonchev–Trinajstić information content (AvgIpc) is 3.04. The predicted molar refractivity (Wildman–Crippen MR) is 86.2 cm³/mol.